The van der Waals surface area contributed by atoms with Gasteiger partial charge in [-0.05, 0) is 48.4 Å². The van der Waals surface area contributed by atoms with Crippen molar-refractivity contribution in [2.75, 3.05) is 0 Å². The molecule has 0 saturated heterocycles. The highest BCUT2D eigenvalue weighted by Gasteiger charge is 2.16. The third-order valence-electron chi connectivity index (χ3n) is 4.18. The zero-order valence-corrected chi connectivity index (χ0v) is 14.6. The average molecular weight is 309 g/mol. The van der Waals surface area contributed by atoms with E-state index in [0.717, 1.165) is 12.0 Å². The van der Waals surface area contributed by atoms with Gasteiger partial charge in [0.25, 0.3) is 0 Å². The fourth-order valence-electron chi connectivity index (χ4n) is 2.78. The Morgan fingerprint density at radius 3 is 2.30 bits per heavy atom. The zero-order chi connectivity index (χ0) is 16.8. The van der Waals surface area contributed by atoms with E-state index in [1.54, 1.807) is 0 Å². The van der Waals surface area contributed by atoms with Gasteiger partial charge in [0.15, 0.2) is 0 Å². The summed E-state index contributed by atoms with van der Waals surface area (Å²) in [7, 11) is 0. The molecule has 0 fully saturated rings. The first-order valence-electron chi connectivity index (χ1n) is 8.36. The van der Waals surface area contributed by atoms with Gasteiger partial charge < -0.3 is 5.32 Å². The number of nitrogens with one attached hydrogen (secondary N) is 1. The van der Waals surface area contributed by atoms with E-state index in [1.165, 1.54) is 16.7 Å². The van der Waals surface area contributed by atoms with Crippen molar-refractivity contribution in [2.24, 2.45) is 5.92 Å². The number of rotatable bonds is 6. The van der Waals surface area contributed by atoms with Crippen LogP contribution in [0.5, 0.6) is 0 Å². The van der Waals surface area contributed by atoms with Crippen LogP contribution >= 0.6 is 0 Å². The van der Waals surface area contributed by atoms with Crippen LogP contribution in [0.4, 0.5) is 0 Å². The van der Waals surface area contributed by atoms with Crippen LogP contribution in [0.25, 0.3) is 0 Å². The van der Waals surface area contributed by atoms with Crippen molar-refractivity contribution in [3.8, 4) is 0 Å². The molecule has 2 aromatic rings. The first kappa shape index (κ1) is 17.3. The van der Waals surface area contributed by atoms with E-state index in [1.807, 2.05) is 24.3 Å². The normalized spacial score (nSPS) is 12.2. The smallest absolute Gasteiger partial charge is 0.224 e. The van der Waals surface area contributed by atoms with Gasteiger partial charge in [0.2, 0.25) is 5.91 Å². The second kappa shape index (κ2) is 7.96. The third-order valence-corrected chi connectivity index (χ3v) is 4.18. The minimum absolute atomic E-state index is 0.0789. The van der Waals surface area contributed by atoms with Crippen LogP contribution in [0.1, 0.15) is 48.6 Å². The summed E-state index contributed by atoms with van der Waals surface area (Å²) in [5.74, 6) is 0.616. The standard InChI is InChI=1S/C21H27NO/c1-15(2)12-20(19-8-6-5-7-9-19)22-21(23)14-18-11-10-16(3)17(4)13-18/h5-11,13,15,20H,12,14H2,1-4H3,(H,22,23)/t20-/m1/s1. The molecule has 0 heterocycles. The lowest BCUT2D eigenvalue weighted by Crippen LogP contribution is -2.30. The molecule has 0 aliphatic carbocycles. The Morgan fingerprint density at radius 1 is 1.00 bits per heavy atom. The molecule has 0 aliphatic rings. The number of aryl methyl sites for hydroxylation is 2. The van der Waals surface area contributed by atoms with E-state index >= 15 is 0 Å². The minimum atomic E-state index is 0.0789. The van der Waals surface area contributed by atoms with Crippen LogP contribution in [-0.2, 0) is 11.2 Å². The Balaban J connectivity index is 2.06. The summed E-state index contributed by atoms with van der Waals surface area (Å²) in [4.78, 5) is 12.5. The molecule has 2 heteroatoms. The molecule has 0 unspecified atom stereocenters. The molecule has 1 atom stereocenters. The first-order valence-corrected chi connectivity index (χ1v) is 8.36. The summed E-state index contributed by atoms with van der Waals surface area (Å²) >= 11 is 0. The van der Waals surface area contributed by atoms with Crippen LogP contribution in [0.2, 0.25) is 0 Å². The predicted octanol–water partition coefficient (Wildman–Crippen LogP) is 4.75. The van der Waals surface area contributed by atoms with Crippen LogP contribution in [0.3, 0.4) is 0 Å². The fraction of sp³-hybridized carbons (Fsp3) is 0.381. The van der Waals surface area contributed by atoms with E-state index in [2.05, 4.69) is 57.3 Å². The van der Waals surface area contributed by atoms with Gasteiger partial charge in [-0.15, -0.1) is 0 Å². The maximum absolute atomic E-state index is 12.5. The van der Waals surface area contributed by atoms with Crippen LogP contribution in [0, 0.1) is 19.8 Å². The van der Waals surface area contributed by atoms with Crippen molar-refractivity contribution in [3.63, 3.8) is 0 Å². The Labute approximate surface area is 139 Å². The summed E-state index contributed by atoms with van der Waals surface area (Å²) in [5.41, 5.74) is 4.74. The summed E-state index contributed by atoms with van der Waals surface area (Å²) < 4.78 is 0. The molecule has 23 heavy (non-hydrogen) atoms. The number of benzene rings is 2. The Bertz CT molecular complexity index is 646. The van der Waals surface area contributed by atoms with Crippen molar-refractivity contribution in [1.82, 2.24) is 5.32 Å². The van der Waals surface area contributed by atoms with Gasteiger partial charge in [-0.2, -0.15) is 0 Å². The second-order valence-corrected chi connectivity index (χ2v) is 6.76. The van der Waals surface area contributed by atoms with E-state index in [9.17, 15) is 4.79 Å². The fourth-order valence-corrected chi connectivity index (χ4v) is 2.78. The van der Waals surface area contributed by atoms with Gasteiger partial charge in [0.1, 0.15) is 0 Å². The van der Waals surface area contributed by atoms with Crippen LogP contribution in [0.15, 0.2) is 48.5 Å². The van der Waals surface area contributed by atoms with E-state index in [0.29, 0.717) is 12.3 Å². The van der Waals surface area contributed by atoms with Crippen LogP contribution in [-0.4, -0.2) is 5.91 Å². The van der Waals surface area contributed by atoms with Gasteiger partial charge in [0.05, 0.1) is 12.5 Å². The largest absolute Gasteiger partial charge is 0.349 e. The third kappa shape index (κ3) is 5.24. The maximum Gasteiger partial charge on any atom is 0.224 e. The summed E-state index contributed by atoms with van der Waals surface area (Å²) in [6.45, 7) is 8.55. The highest BCUT2D eigenvalue weighted by molar-refractivity contribution is 5.79. The molecule has 0 saturated carbocycles. The Hall–Kier alpha value is -2.09. The topological polar surface area (TPSA) is 29.1 Å². The molecule has 0 aliphatic heterocycles. The molecule has 0 spiro atoms. The monoisotopic (exact) mass is 309 g/mol. The van der Waals surface area contributed by atoms with Crippen molar-refractivity contribution < 1.29 is 4.79 Å². The van der Waals surface area contributed by atoms with Gasteiger partial charge in [0, 0.05) is 0 Å². The molecule has 1 N–H and O–H groups in total. The first-order chi connectivity index (χ1) is 11.0. The minimum Gasteiger partial charge on any atom is -0.349 e. The lowest BCUT2D eigenvalue weighted by atomic mass is 9.96. The van der Waals surface area contributed by atoms with Gasteiger partial charge in [-0.3, -0.25) is 4.79 Å². The Kier molecular flexibility index (Phi) is 5.97. The highest BCUT2D eigenvalue weighted by Crippen LogP contribution is 2.21. The predicted molar refractivity (Wildman–Crippen MR) is 96.4 cm³/mol. The molecule has 0 bridgehead atoms. The SMILES string of the molecule is Cc1ccc(CC(=O)N[C@H](CC(C)C)c2ccccc2)cc1C. The van der Waals surface area contributed by atoms with Gasteiger partial charge in [-0.25, -0.2) is 0 Å². The molecule has 122 valence electrons. The number of carbonyl (C=O) groups excluding carboxylic acids is 1. The lowest BCUT2D eigenvalue weighted by molar-refractivity contribution is -0.121. The molecule has 1 amide bonds. The molecular weight excluding hydrogens is 282 g/mol. The van der Waals surface area contributed by atoms with Crippen molar-refractivity contribution in [3.05, 3.63) is 70.8 Å². The van der Waals surface area contributed by atoms with E-state index < -0.39 is 0 Å². The van der Waals surface area contributed by atoms with Crippen molar-refractivity contribution in [1.29, 1.82) is 0 Å². The number of hydrogen-bond donors (Lipinski definition) is 1. The molecule has 2 nitrogen and oxygen atoms in total. The molecule has 2 rings (SSSR count). The molecular formula is C21H27NO. The number of hydrogen-bond acceptors (Lipinski definition) is 1. The lowest BCUT2D eigenvalue weighted by Gasteiger charge is -2.21. The van der Waals surface area contributed by atoms with Crippen molar-refractivity contribution in [2.45, 2.75) is 46.6 Å². The maximum atomic E-state index is 12.5. The molecule has 0 radical (unpaired) electrons. The van der Waals surface area contributed by atoms with E-state index in [-0.39, 0.29) is 11.9 Å². The zero-order valence-electron chi connectivity index (χ0n) is 14.6. The van der Waals surface area contributed by atoms with Crippen molar-refractivity contribution >= 4 is 5.91 Å². The number of carbonyl (C=O) groups is 1. The van der Waals surface area contributed by atoms with Gasteiger partial charge in [-0.1, -0.05) is 62.4 Å². The highest BCUT2D eigenvalue weighted by atomic mass is 16.1. The Morgan fingerprint density at radius 2 is 1.70 bits per heavy atom. The summed E-state index contributed by atoms with van der Waals surface area (Å²) in [6, 6.07) is 16.5. The number of amides is 1. The van der Waals surface area contributed by atoms with E-state index in [4.69, 9.17) is 0 Å². The summed E-state index contributed by atoms with van der Waals surface area (Å²) in [5, 5.41) is 3.21. The second-order valence-electron chi connectivity index (χ2n) is 6.76. The van der Waals surface area contributed by atoms with Gasteiger partial charge >= 0.3 is 0 Å². The molecule has 0 aromatic heterocycles. The quantitative estimate of drug-likeness (QED) is 0.819. The molecule has 2 aromatic carbocycles. The average Bonchev–Trinajstić information content (AvgIpc) is 2.51. The summed E-state index contributed by atoms with van der Waals surface area (Å²) in [6.07, 6.45) is 1.38. The van der Waals surface area contributed by atoms with Crippen LogP contribution < -0.4 is 5.32 Å².